The van der Waals surface area contributed by atoms with Crippen LogP contribution in [0.2, 0.25) is 10.0 Å². The summed E-state index contributed by atoms with van der Waals surface area (Å²) in [6.45, 7) is 3.34. The minimum absolute atomic E-state index is 0.0438. The Bertz CT molecular complexity index is 971. The second-order valence-corrected chi connectivity index (χ2v) is 7.33. The molecule has 1 heterocycles. The lowest BCUT2D eigenvalue weighted by molar-refractivity contribution is -0.119. The SMILES string of the molecule is CC(C)C(=O)C1=C(O)C(=O)N(c2cccc(F)c2)C1c1ccc(Cl)c(Cl)c1. The second-order valence-electron chi connectivity index (χ2n) is 6.51. The highest BCUT2D eigenvalue weighted by Gasteiger charge is 2.44. The summed E-state index contributed by atoms with van der Waals surface area (Å²) in [5.41, 5.74) is 0.655. The summed E-state index contributed by atoms with van der Waals surface area (Å²) in [4.78, 5) is 26.7. The van der Waals surface area contributed by atoms with Crippen molar-refractivity contribution in [3.05, 3.63) is 75.2 Å². The van der Waals surface area contributed by atoms with E-state index in [9.17, 15) is 19.1 Å². The Labute approximate surface area is 165 Å². The molecule has 1 atom stereocenters. The van der Waals surface area contributed by atoms with Crippen molar-refractivity contribution in [1.29, 1.82) is 0 Å². The first-order chi connectivity index (χ1) is 12.7. The van der Waals surface area contributed by atoms with Crippen molar-refractivity contribution >= 4 is 40.6 Å². The van der Waals surface area contributed by atoms with Gasteiger partial charge in [0, 0.05) is 11.6 Å². The fourth-order valence-electron chi connectivity index (χ4n) is 3.06. The third-order valence-electron chi connectivity index (χ3n) is 4.34. The van der Waals surface area contributed by atoms with E-state index < -0.39 is 29.4 Å². The molecule has 0 aromatic heterocycles. The highest BCUT2D eigenvalue weighted by Crippen LogP contribution is 2.43. The number of Topliss-reactive ketones (excluding diaryl/α,β-unsaturated/α-hetero) is 1. The van der Waals surface area contributed by atoms with E-state index in [0.717, 1.165) is 0 Å². The second kappa shape index (κ2) is 7.33. The van der Waals surface area contributed by atoms with Gasteiger partial charge < -0.3 is 5.11 Å². The molecule has 2 aromatic carbocycles. The van der Waals surface area contributed by atoms with E-state index in [2.05, 4.69) is 0 Å². The molecule has 1 N–H and O–H groups in total. The Morgan fingerprint density at radius 1 is 1.15 bits per heavy atom. The van der Waals surface area contributed by atoms with Crippen LogP contribution in [0.3, 0.4) is 0 Å². The van der Waals surface area contributed by atoms with Gasteiger partial charge in [-0.25, -0.2) is 4.39 Å². The van der Waals surface area contributed by atoms with Gasteiger partial charge in [0.25, 0.3) is 5.91 Å². The third kappa shape index (κ3) is 3.45. The Kier molecular flexibility index (Phi) is 5.27. The van der Waals surface area contributed by atoms with E-state index in [0.29, 0.717) is 10.6 Å². The molecule has 4 nitrogen and oxygen atoms in total. The molecular formula is C20H16Cl2FNO3. The number of hydrogen-bond acceptors (Lipinski definition) is 3. The number of nitrogens with zero attached hydrogens (tertiary/aromatic N) is 1. The molecule has 1 aliphatic heterocycles. The Balaban J connectivity index is 2.22. The zero-order valence-corrected chi connectivity index (χ0v) is 16.1. The van der Waals surface area contributed by atoms with Crippen LogP contribution in [0.5, 0.6) is 0 Å². The molecule has 0 spiro atoms. The molecule has 0 bridgehead atoms. The van der Waals surface area contributed by atoms with Crippen LogP contribution in [0.4, 0.5) is 10.1 Å². The maximum atomic E-state index is 13.8. The number of hydrogen-bond donors (Lipinski definition) is 1. The summed E-state index contributed by atoms with van der Waals surface area (Å²) in [6.07, 6.45) is 0. The lowest BCUT2D eigenvalue weighted by Gasteiger charge is -2.27. The molecule has 7 heteroatoms. The fraction of sp³-hybridized carbons (Fsp3) is 0.200. The van der Waals surface area contributed by atoms with Crippen LogP contribution >= 0.6 is 23.2 Å². The molecule has 1 unspecified atom stereocenters. The van der Waals surface area contributed by atoms with Crippen molar-refractivity contribution in [2.45, 2.75) is 19.9 Å². The minimum atomic E-state index is -0.941. The average molecular weight is 408 g/mol. The van der Waals surface area contributed by atoms with Crippen molar-refractivity contribution in [2.75, 3.05) is 4.90 Å². The van der Waals surface area contributed by atoms with E-state index in [1.54, 1.807) is 26.0 Å². The number of carbonyl (C=O) groups excluding carboxylic acids is 2. The minimum Gasteiger partial charge on any atom is -0.503 e. The number of benzene rings is 2. The maximum absolute atomic E-state index is 13.8. The number of aliphatic hydroxyl groups excluding tert-OH is 1. The van der Waals surface area contributed by atoms with Crippen LogP contribution in [0.15, 0.2) is 53.8 Å². The summed E-state index contributed by atoms with van der Waals surface area (Å²) in [5.74, 6) is -2.80. The molecular weight excluding hydrogens is 392 g/mol. The number of rotatable bonds is 4. The zero-order valence-electron chi connectivity index (χ0n) is 14.5. The fourth-order valence-corrected chi connectivity index (χ4v) is 3.36. The Hall–Kier alpha value is -2.37. The van der Waals surface area contributed by atoms with Crippen LogP contribution in [0.1, 0.15) is 25.5 Å². The molecule has 140 valence electrons. The smallest absolute Gasteiger partial charge is 0.294 e. The van der Waals surface area contributed by atoms with E-state index >= 15 is 0 Å². The van der Waals surface area contributed by atoms with Crippen LogP contribution in [-0.4, -0.2) is 16.8 Å². The molecule has 27 heavy (non-hydrogen) atoms. The monoisotopic (exact) mass is 407 g/mol. The van der Waals surface area contributed by atoms with Crippen LogP contribution in [0.25, 0.3) is 0 Å². The van der Waals surface area contributed by atoms with Gasteiger partial charge in [-0.15, -0.1) is 0 Å². The highest BCUT2D eigenvalue weighted by molar-refractivity contribution is 6.42. The van der Waals surface area contributed by atoms with Gasteiger partial charge in [-0.3, -0.25) is 14.5 Å². The Morgan fingerprint density at radius 3 is 2.44 bits per heavy atom. The van der Waals surface area contributed by atoms with Crippen LogP contribution in [0, 0.1) is 11.7 Å². The molecule has 1 amide bonds. The van der Waals surface area contributed by atoms with Crippen molar-refractivity contribution in [3.8, 4) is 0 Å². The van der Waals surface area contributed by atoms with Crippen molar-refractivity contribution in [3.63, 3.8) is 0 Å². The standard InChI is InChI=1S/C20H16Cl2FNO3/c1-10(2)18(25)16-17(11-6-7-14(21)15(22)8-11)24(20(27)19(16)26)13-5-3-4-12(23)9-13/h3-10,17,26H,1-2H3. The largest absolute Gasteiger partial charge is 0.503 e. The maximum Gasteiger partial charge on any atom is 0.294 e. The summed E-state index contributed by atoms with van der Waals surface area (Å²) >= 11 is 12.1. The average Bonchev–Trinajstić information content (AvgIpc) is 2.88. The predicted molar refractivity (Wildman–Crippen MR) is 103 cm³/mol. The van der Waals surface area contributed by atoms with Gasteiger partial charge in [0.05, 0.1) is 21.7 Å². The normalized spacial score (nSPS) is 17.2. The number of carbonyl (C=O) groups is 2. The van der Waals surface area contributed by atoms with E-state index in [-0.39, 0.29) is 22.1 Å². The van der Waals surface area contributed by atoms with Gasteiger partial charge in [-0.1, -0.05) is 49.2 Å². The van der Waals surface area contributed by atoms with Gasteiger partial charge >= 0.3 is 0 Å². The summed E-state index contributed by atoms with van der Waals surface area (Å²) in [6, 6.07) is 9.13. The quantitative estimate of drug-likeness (QED) is 0.751. The van der Waals surface area contributed by atoms with Gasteiger partial charge in [-0.2, -0.15) is 0 Å². The van der Waals surface area contributed by atoms with Gasteiger partial charge in [0.1, 0.15) is 5.82 Å². The van der Waals surface area contributed by atoms with Crippen molar-refractivity contribution in [1.82, 2.24) is 0 Å². The number of anilines is 1. The van der Waals surface area contributed by atoms with E-state index in [1.165, 1.54) is 35.2 Å². The molecule has 0 saturated carbocycles. The first-order valence-corrected chi connectivity index (χ1v) is 8.99. The number of aliphatic hydroxyl groups is 1. The molecule has 3 rings (SSSR count). The van der Waals surface area contributed by atoms with Gasteiger partial charge in [-0.05, 0) is 35.9 Å². The lowest BCUT2D eigenvalue weighted by Crippen LogP contribution is -2.31. The topological polar surface area (TPSA) is 57.6 Å². The lowest BCUT2D eigenvalue weighted by atomic mass is 9.91. The molecule has 1 aliphatic rings. The van der Waals surface area contributed by atoms with Crippen LogP contribution in [-0.2, 0) is 9.59 Å². The number of ketones is 1. The number of halogens is 3. The first-order valence-electron chi connectivity index (χ1n) is 8.23. The first kappa shape index (κ1) is 19.4. The molecule has 0 saturated heterocycles. The highest BCUT2D eigenvalue weighted by atomic mass is 35.5. The van der Waals surface area contributed by atoms with Crippen molar-refractivity contribution < 1.29 is 19.1 Å². The van der Waals surface area contributed by atoms with Crippen molar-refractivity contribution in [2.24, 2.45) is 5.92 Å². The summed E-state index contributed by atoms with van der Waals surface area (Å²) < 4.78 is 13.8. The summed E-state index contributed by atoms with van der Waals surface area (Å²) in [7, 11) is 0. The predicted octanol–water partition coefficient (Wildman–Crippen LogP) is 5.26. The molecule has 0 radical (unpaired) electrons. The third-order valence-corrected chi connectivity index (χ3v) is 5.08. The Morgan fingerprint density at radius 2 is 1.85 bits per heavy atom. The van der Waals surface area contributed by atoms with E-state index in [1.807, 2.05) is 0 Å². The van der Waals surface area contributed by atoms with Gasteiger partial charge in [0.15, 0.2) is 11.5 Å². The summed E-state index contributed by atoms with van der Waals surface area (Å²) in [5, 5.41) is 11.0. The zero-order chi connectivity index (χ0) is 19.9. The van der Waals surface area contributed by atoms with Crippen LogP contribution < -0.4 is 4.90 Å². The number of amides is 1. The van der Waals surface area contributed by atoms with Gasteiger partial charge in [0.2, 0.25) is 0 Å². The molecule has 0 aliphatic carbocycles. The molecule has 0 fully saturated rings. The molecule has 2 aromatic rings. The van der Waals surface area contributed by atoms with E-state index in [4.69, 9.17) is 23.2 Å².